The number of nitrogens with zero attached hydrogens (tertiary/aromatic N) is 2. The van der Waals surface area contributed by atoms with Crippen LogP contribution in [0, 0.1) is 13.8 Å². The summed E-state index contributed by atoms with van der Waals surface area (Å²) in [6.45, 7) is 8.36. The standard InChI is InChI=1S/C32H34N2O5/c1-22-6-8-25(9-7-22)29-28(31(36)32(37)34(29)15-14-33-16-18-38-19-17-33)30(35)26-10-12-27(13-11-26)39-21-24-5-3-4-23(2)20-24/h3-13,20,29,35H,14-19,21H2,1-2H3. The number of aliphatic hydroxyl groups is 1. The molecule has 1 unspecified atom stereocenters. The van der Waals surface area contributed by atoms with Gasteiger partial charge in [-0.05, 0) is 49.2 Å². The van der Waals surface area contributed by atoms with Crippen molar-refractivity contribution in [2.45, 2.75) is 26.5 Å². The number of benzene rings is 3. The van der Waals surface area contributed by atoms with E-state index in [9.17, 15) is 14.7 Å². The third-order valence-corrected chi connectivity index (χ3v) is 7.31. The molecular weight excluding hydrogens is 492 g/mol. The van der Waals surface area contributed by atoms with Crippen LogP contribution >= 0.6 is 0 Å². The van der Waals surface area contributed by atoms with Gasteiger partial charge >= 0.3 is 0 Å². The summed E-state index contributed by atoms with van der Waals surface area (Å²) < 4.78 is 11.3. The van der Waals surface area contributed by atoms with Crippen molar-refractivity contribution >= 4 is 17.4 Å². The van der Waals surface area contributed by atoms with E-state index in [-0.39, 0.29) is 11.3 Å². The van der Waals surface area contributed by atoms with E-state index in [2.05, 4.69) is 11.0 Å². The first-order valence-corrected chi connectivity index (χ1v) is 13.3. The van der Waals surface area contributed by atoms with Crippen molar-refractivity contribution in [1.29, 1.82) is 0 Å². The summed E-state index contributed by atoms with van der Waals surface area (Å²) in [6.07, 6.45) is 0. The fourth-order valence-electron chi connectivity index (χ4n) is 5.11. The first-order chi connectivity index (χ1) is 18.9. The van der Waals surface area contributed by atoms with Crippen molar-refractivity contribution in [2.75, 3.05) is 39.4 Å². The highest BCUT2D eigenvalue weighted by molar-refractivity contribution is 6.46. The fraction of sp³-hybridized carbons (Fsp3) is 0.312. The van der Waals surface area contributed by atoms with Gasteiger partial charge < -0.3 is 19.5 Å². The van der Waals surface area contributed by atoms with Crippen LogP contribution in [0.3, 0.4) is 0 Å². The summed E-state index contributed by atoms with van der Waals surface area (Å²) in [5, 5.41) is 11.4. The fourth-order valence-corrected chi connectivity index (χ4v) is 5.11. The van der Waals surface area contributed by atoms with Crippen LogP contribution in [0.5, 0.6) is 5.75 Å². The van der Waals surface area contributed by atoms with Crippen LogP contribution in [0.4, 0.5) is 0 Å². The van der Waals surface area contributed by atoms with Gasteiger partial charge in [-0.3, -0.25) is 14.5 Å². The number of carbonyl (C=O) groups excluding carboxylic acids is 2. The van der Waals surface area contributed by atoms with Crippen LogP contribution in [-0.4, -0.2) is 66.0 Å². The van der Waals surface area contributed by atoms with Gasteiger partial charge in [0.15, 0.2) is 0 Å². The van der Waals surface area contributed by atoms with Gasteiger partial charge in [0.05, 0.1) is 24.8 Å². The van der Waals surface area contributed by atoms with Crippen LogP contribution in [-0.2, 0) is 20.9 Å². The lowest BCUT2D eigenvalue weighted by molar-refractivity contribution is -0.140. The predicted molar refractivity (Wildman–Crippen MR) is 149 cm³/mol. The summed E-state index contributed by atoms with van der Waals surface area (Å²) in [5.41, 5.74) is 4.67. The first kappa shape index (κ1) is 26.7. The highest BCUT2D eigenvalue weighted by atomic mass is 16.5. The molecule has 1 atom stereocenters. The van der Waals surface area contributed by atoms with E-state index in [4.69, 9.17) is 9.47 Å². The van der Waals surface area contributed by atoms with Gasteiger partial charge in [0.25, 0.3) is 11.7 Å². The lowest BCUT2D eigenvalue weighted by Crippen LogP contribution is -2.42. The number of morpholine rings is 1. The Morgan fingerprint density at radius 3 is 2.33 bits per heavy atom. The largest absolute Gasteiger partial charge is 0.507 e. The zero-order valence-corrected chi connectivity index (χ0v) is 22.4. The molecule has 0 aliphatic carbocycles. The van der Waals surface area contributed by atoms with Crippen molar-refractivity contribution in [2.24, 2.45) is 0 Å². The third-order valence-electron chi connectivity index (χ3n) is 7.31. The molecule has 0 spiro atoms. The van der Waals surface area contributed by atoms with Crippen molar-refractivity contribution in [1.82, 2.24) is 9.80 Å². The van der Waals surface area contributed by atoms with Crippen molar-refractivity contribution in [3.63, 3.8) is 0 Å². The predicted octanol–water partition coefficient (Wildman–Crippen LogP) is 4.64. The molecule has 5 rings (SSSR count). The van der Waals surface area contributed by atoms with Crippen molar-refractivity contribution in [3.05, 3.63) is 106 Å². The molecule has 3 aromatic carbocycles. The lowest BCUT2D eigenvalue weighted by Gasteiger charge is -2.31. The van der Waals surface area contributed by atoms with E-state index in [1.807, 2.05) is 56.3 Å². The molecule has 7 nitrogen and oxygen atoms in total. The van der Waals surface area contributed by atoms with E-state index in [1.165, 1.54) is 5.56 Å². The maximum Gasteiger partial charge on any atom is 0.295 e. The molecule has 1 amide bonds. The zero-order valence-electron chi connectivity index (χ0n) is 22.4. The van der Waals surface area contributed by atoms with Crippen LogP contribution in [0.1, 0.15) is 33.9 Å². The maximum absolute atomic E-state index is 13.3. The molecule has 39 heavy (non-hydrogen) atoms. The first-order valence-electron chi connectivity index (χ1n) is 13.3. The molecule has 2 aliphatic heterocycles. The highest BCUT2D eigenvalue weighted by Crippen LogP contribution is 2.39. The van der Waals surface area contributed by atoms with E-state index in [1.54, 1.807) is 29.2 Å². The molecule has 7 heteroatoms. The molecule has 2 saturated heterocycles. The smallest absolute Gasteiger partial charge is 0.295 e. The summed E-state index contributed by atoms with van der Waals surface area (Å²) in [7, 11) is 0. The summed E-state index contributed by atoms with van der Waals surface area (Å²) in [5.74, 6) is -0.791. The molecule has 0 bridgehead atoms. The molecule has 2 fully saturated rings. The quantitative estimate of drug-likeness (QED) is 0.262. The molecule has 202 valence electrons. The number of hydrogen-bond acceptors (Lipinski definition) is 6. The molecule has 3 aromatic rings. The normalized spacial score (nSPS) is 19.4. The number of Topliss-reactive ketones (excluding diaryl/α,β-unsaturated/α-hetero) is 1. The van der Waals surface area contributed by atoms with Gasteiger partial charge in [0.1, 0.15) is 18.1 Å². The maximum atomic E-state index is 13.3. The molecule has 2 heterocycles. The van der Waals surface area contributed by atoms with Crippen LogP contribution in [0.15, 0.2) is 78.4 Å². The van der Waals surface area contributed by atoms with Gasteiger partial charge in [0, 0.05) is 31.7 Å². The minimum Gasteiger partial charge on any atom is -0.507 e. The van der Waals surface area contributed by atoms with Crippen molar-refractivity contribution < 1.29 is 24.2 Å². The number of amides is 1. The lowest BCUT2D eigenvalue weighted by atomic mass is 9.94. The van der Waals surface area contributed by atoms with Crippen LogP contribution < -0.4 is 4.74 Å². The Hall–Kier alpha value is -3.94. The van der Waals surface area contributed by atoms with Crippen LogP contribution in [0.2, 0.25) is 0 Å². The van der Waals surface area contributed by atoms with E-state index in [0.29, 0.717) is 44.2 Å². The van der Waals surface area contributed by atoms with Crippen LogP contribution in [0.25, 0.3) is 5.76 Å². The zero-order chi connectivity index (χ0) is 27.4. The number of likely N-dealkylation sites (tertiary alicyclic amines) is 1. The molecule has 2 aliphatic rings. The Kier molecular flexibility index (Phi) is 8.10. The average Bonchev–Trinajstić information content (AvgIpc) is 3.21. The van der Waals surface area contributed by atoms with Gasteiger partial charge in [-0.15, -0.1) is 0 Å². The monoisotopic (exact) mass is 526 g/mol. The summed E-state index contributed by atoms with van der Waals surface area (Å²) in [6, 6.07) is 22.2. The number of rotatable bonds is 8. The highest BCUT2D eigenvalue weighted by Gasteiger charge is 2.46. The third kappa shape index (κ3) is 6.05. The molecule has 0 aromatic heterocycles. The Morgan fingerprint density at radius 1 is 0.923 bits per heavy atom. The second-order valence-electron chi connectivity index (χ2n) is 10.2. The second kappa shape index (κ2) is 11.8. The SMILES string of the molecule is Cc1ccc(C2C(=C(O)c3ccc(OCc4cccc(C)c4)cc3)C(=O)C(=O)N2CCN2CCOCC2)cc1. The Balaban J connectivity index is 1.41. The van der Waals surface area contributed by atoms with Gasteiger partial charge in [-0.1, -0.05) is 59.7 Å². The van der Waals surface area contributed by atoms with E-state index < -0.39 is 17.7 Å². The number of aliphatic hydroxyl groups excluding tert-OH is 1. The molecule has 0 radical (unpaired) electrons. The topological polar surface area (TPSA) is 79.3 Å². The van der Waals surface area contributed by atoms with Gasteiger partial charge in [0.2, 0.25) is 0 Å². The Morgan fingerprint density at radius 2 is 1.64 bits per heavy atom. The van der Waals surface area contributed by atoms with Crippen molar-refractivity contribution in [3.8, 4) is 5.75 Å². The number of ketones is 1. The summed E-state index contributed by atoms with van der Waals surface area (Å²) >= 11 is 0. The van der Waals surface area contributed by atoms with E-state index in [0.717, 1.165) is 29.8 Å². The number of ether oxygens (including phenoxy) is 2. The minimum absolute atomic E-state index is 0.110. The Labute approximate surface area is 229 Å². The Bertz CT molecular complexity index is 1360. The van der Waals surface area contributed by atoms with Gasteiger partial charge in [-0.25, -0.2) is 0 Å². The molecule has 1 N–H and O–H groups in total. The average molecular weight is 527 g/mol. The number of aryl methyl sites for hydroxylation is 2. The summed E-state index contributed by atoms with van der Waals surface area (Å²) in [4.78, 5) is 30.4. The van der Waals surface area contributed by atoms with E-state index >= 15 is 0 Å². The minimum atomic E-state index is -0.667. The molecular formula is C32H34N2O5. The van der Waals surface area contributed by atoms with Gasteiger partial charge in [-0.2, -0.15) is 0 Å². The second-order valence-corrected chi connectivity index (χ2v) is 10.2. The molecule has 0 saturated carbocycles. The number of hydrogen-bond donors (Lipinski definition) is 1. The number of carbonyl (C=O) groups is 2.